The van der Waals surface area contributed by atoms with Gasteiger partial charge in [-0.2, -0.15) is 0 Å². The van der Waals surface area contributed by atoms with E-state index in [1.807, 2.05) is 36.4 Å². The van der Waals surface area contributed by atoms with E-state index in [0.717, 1.165) is 31.6 Å². The number of nitrogens with two attached hydrogens (primary N) is 1. The topological polar surface area (TPSA) is 38.9 Å². The predicted molar refractivity (Wildman–Crippen MR) is 86.9 cm³/mol. The van der Waals surface area contributed by atoms with Crippen LogP contribution in [0.15, 0.2) is 54.6 Å². The Labute approximate surface area is 124 Å². The van der Waals surface area contributed by atoms with E-state index in [1.165, 1.54) is 23.5 Å². The van der Waals surface area contributed by atoms with Gasteiger partial charge >= 0.3 is 0 Å². The summed E-state index contributed by atoms with van der Waals surface area (Å²) in [6.45, 7) is 0. The van der Waals surface area contributed by atoms with Gasteiger partial charge < -0.3 is 5.73 Å². The number of rotatable bonds is 1. The molecule has 1 heterocycles. The summed E-state index contributed by atoms with van der Waals surface area (Å²) in [7, 11) is 0. The largest absolute Gasteiger partial charge is 0.398 e. The molecule has 2 nitrogen and oxygen atoms in total. The standard InChI is InChI=1S/C17H11FN2S/c18-12-5-6-15-16(9-12)21-17(20-15)13-7-10-3-1-2-4-11(10)8-14(13)19/h1-9H,19H2. The van der Waals surface area contributed by atoms with Crippen molar-refractivity contribution in [3.63, 3.8) is 0 Å². The molecule has 21 heavy (non-hydrogen) atoms. The summed E-state index contributed by atoms with van der Waals surface area (Å²) >= 11 is 1.46. The van der Waals surface area contributed by atoms with Gasteiger partial charge in [-0.1, -0.05) is 24.3 Å². The second-order valence-corrected chi connectivity index (χ2v) is 5.95. The lowest BCUT2D eigenvalue weighted by Crippen LogP contribution is -1.90. The van der Waals surface area contributed by atoms with Crippen molar-refractivity contribution in [2.75, 3.05) is 5.73 Å². The first-order chi connectivity index (χ1) is 10.2. The highest BCUT2D eigenvalue weighted by atomic mass is 32.1. The van der Waals surface area contributed by atoms with Crippen LogP contribution in [0.2, 0.25) is 0 Å². The van der Waals surface area contributed by atoms with Crippen molar-refractivity contribution in [1.29, 1.82) is 0 Å². The molecule has 0 aliphatic heterocycles. The van der Waals surface area contributed by atoms with Crippen LogP contribution in [0, 0.1) is 5.82 Å². The Kier molecular flexibility index (Phi) is 2.65. The van der Waals surface area contributed by atoms with Crippen molar-refractivity contribution < 1.29 is 4.39 Å². The molecule has 0 fully saturated rings. The molecule has 0 radical (unpaired) electrons. The monoisotopic (exact) mass is 294 g/mol. The SMILES string of the molecule is Nc1cc2ccccc2cc1-c1nc2ccc(F)cc2s1. The molecule has 0 amide bonds. The Balaban J connectivity index is 1.96. The maximum atomic E-state index is 13.3. The number of hydrogen-bond acceptors (Lipinski definition) is 3. The summed E-state index contributed by atoms with van der Waals surface area (Å²) in [5.74, 6) is -0.246. The minimum atomic E-state index is -0.246. The van der Waals surface area contributed by atoms with Crippen LogP contribution in [0.4, 0.5) is 10.1 Å². The molecule has 4 rings (SSSR count). The van der Waals surface area contributed by atoms with Crippen molar-refractivity contribution in [2.24, 2.45) is 0 Å². The molecule has 0 bridgehead atoms. The van der Waals surface area contributed by atoms with E-state index in [-0.39, 0.29) is 5.82 Å². The first kappa shape index (κ1) is 12.3. The third-order valence-electron chi connectivity index (χ3n) is 3.50. The average Bonchev–Trinajstić information content (AvgIpc) is 2.89. The lowest BCUT2D eigenvalue weighted by molar-refractivity contribution is 0.630. The van der Waals surface area contributed by atoms with Gasteiger partial charge in [-0.05, 0) is 41.1 Å². The van der Waals surface area contributed by atoms with Crippen molar-refractivity contribution in [3.8, 4) is 10.6 Å². The molecule has 102 valence electrons. The molecule has 4 heteroatoms. The summed E-state index contributed by atoms with van der Waals surface area (Å²) < 4.78 is 14.1. The Hall–Kier alpha value is -2.46. The Morgan fingerprint density at radius 3 is 2.52 bits per heavy atom. The van der Waals surface area contributed by atoms with Gasteiger partial charge in [0.15, 0.2) is 0 Å². The summed E-state index contributed by atoms with van der Waals surface area (Å²) in [4.78, 5) is 4.56. The van der Waals surface area contributed by atoms with Crippen LogP contribution in [0.5, 0.6) is 0 Å². The molecule has 0 unspecified atom stereocenters. The Morgan fingerprint density at radius 2 is 1.71 bits per heavy atom. The molecule has 0 aliphatic rings. The van der Waals surface area contributed by atoms with E-state index in [4.69, 9.17) is 5.73 Å². The normalized spacial score (nSPS) is 11.3. The van der Waals surface area contributed by atoms with E-state index >= 15 is 0 Å². The lowest BCUT2D eigenvalue weighted by atomic mass is 10.1. The van der Waals surface area contributed by atoms with Gasteiger partial charge in [0.05, 0.1) is 10.2 Å². The van der Waals surface area contributed by atoms with Crippen LogP contribution in [0.1, 0.15) is 0 Å². The highest BCUT2D eigenvalue weighted by Crippen LogP contribution is 2.35. The first-order valence-electron chi connectivity index (χ1n) is 6.55. The van der Waals surface area contributed by atoms with E-state index in [9.17, 15) is 4.39 Å². The summed E-state index contributed by atoms with van der Waals surface area (Å²) in [5, 5.41) is 3.04. The van der Waals surface area contributed by atoms with Crippen LogP contribution in [-0.4, -0.2) is 4.98 Å². The van der Waals surface area contributed by atoms with Gasteiger partial charge in [0, 0.05) is 11.3 Å². The van der Waals surface area contributed by atoms with Crippen LogP contribution >= 0.6 is 11.3 Å². The maximum absolute atomic E-state index is 13.3. The number of hydrogen-bond donors (Lipinski definition) is 1. The predicted octanol–water partition coefficient (Wildman–Crippen LogP) is 4.84. The van der Waals surface area contributed by atoms with Crippen LogP contribution < -0.4 is 5.73 Å². The fraction of sp³-hybridized carbons (Fsp3) is 0. The van der Waals surface area contributed by atoms with E-state index < -0.39 is 0 Å². The number of benzene rings is 3. The Bertz CT molecular complexity index is 975. The highest BCUT2D eigenvalue weighted by Gasteiger charge is 2.11. The van der Waals surface area contributed by atoms with Crippen molar-refractivity contribution >= 4 is 38.0 Å². The smallest absolute Gasteiger partial charge is 0.126 e. The maximum Gasteiger partial charge on any atom is 0.126 e. The molecule has 0 atom stereocenters. The fourth-order valence-corrected chi connectivity index (χ4v) is 3.49. The number of halogens is 1. The molecule has 2 N–H and O–H groups in total. The molecule has 0 saturated carbocycles. The number of nitrogens with zero attached hydrogens (tertiary/aromatic N) is 1. The zero-order valence-electron chi connectivity index (χ0n) is 11.0. The molecular formula is C17H11FN2S. The van der Waals surface area contributed by atoms with Crippen molar-refractivity contribution in [3.05, 3.63) is 60.4 Å². The highest BCUT2D eigenvalue weighted by molar-refractivity contribution is 7.21. The quantitative estimate of drug-likeness (QED) is 0.510. The average molecular weight is 294 g/mol. The zero-order chi connectivity index (χ0) is 14.4. The van der Waals surface area contributed by atoms with E-state index in [2.05, 4.69) is 4.98 Å². The van der Waals surface area contributed by atoms with Gasteiger partial charge in [0.25, 0.3) is 0 Å². The molecular weight excluding hydrogens is 283 g/mol. The molecule has 4 aromatic rings. The molecule has 0 saturated heterocycles. The van der Waals surface area contributed by atoms with Gasteiger partial charge in [-0.15, -0.1) is 11.3 Å². The van der Waals surface area contributed by atoms with Crippen LogP contribution in [0.25, 0.3) is 31.6 Å². The minimum Gasteiger partial charge on any atom is -0.398 e. The van der Waals surface area contributed by atoms with Gasteiger partial charge in [0.1, 0.15) is 10.8 Å². The number of fused-ring (bicyclic) bond motifs is 2. The summed E-state index contributed by atoms with van der Waals surface area (Å²) in [5.41, 5.74) is 8.54. The van der Waals surface area contributed by atoms with Gasteiger partial charge in [-0.25, -0.2) is 9.37 Å². The summed E-state index contributed by atoms with van der Waals surface area (Å²) in [6, 6.07) is 16.7. The number of thiazole rings is 1. The van der Waals surface area contributed by atoms with Crippen LogP contribution in [-0.2, 0) is 0 Å². The number of nitrogen functional groups attached to an aromatic ring is 1. The third kappa shape index (κ3) is 2.04. The van der Waals surface area contributed by atoms with Gasteiger partial charge in [-0.3, -0.25) is 0 Å². The van der Waals surface area contributed by atoms with Gasteiger partial charge in [0.2, 0.25) is 0 Å². The third-order valence-corrected chi connectivity index (χ3v) is 4.55. The Morgan fingerprint density at radius 1 is 0.952 bits per heavy atom. The van der Waals surface area contributed by atoms with Crippen molar-refractivity contribution in [1.82, 2.24) is 4.98 Å². The fourth-order valence-electron chi connectivity index (χ4n) is 2.46. The molecule has 0 aliphatic carbocycles. The zero-order valence-corrected chi connectivity index (χ0v) is 11.8. The van der Waals surface area contributed by atoms with Crippen LogP contribution in [0.3, 0.4) is 0 Å². The molecule has 1 aromatic heterocycles. The van der Waals surface area contributed by atoms with E-state index in [0.29, 0.717) is 5.69 Å². The number of anilines is 1. The lowest BCUT2D eigenvalue weighted by Gasteiger charge is -2.05. The van der Waals surface area contributed by atoms with Crippen molar-refractivity contribution in [2.45, 2.75) is 0 Å². The molecule has 0 spiro atoms. The second kappa shape index (κ2) is 4.53. The number of aromatic nitrogens is 1. The second-order valence-electron chi connectivity index (χ2n) is 4.92. The minimum absolute atomic E-state index is 0.246. The van der Waals surface area contributed by atoms with E-state index in [1.54, 1.807) is 6.07 Å². The first-order valence-corrected chi connectivity index (χ1v) is 7.37. The summed E-state index contributed by atoms with van der Waals surface area (Å²) in [6.07, 6.45) is 0. The molecule has 3 aromatic carbocycles.